The number of halogens is 1. The first-order valence-corrected chi connectivity index (χ1v) is 8.25. The van der Waals surface area contributed by atoms with E-state index in [0.29, 0.717) is 17.4 Å². The van der Waals surface area contributed by atoms with E-state index in [0.717, 1.165) is 24.2 Å². The normalized spacial score (nSPS) is 15.1. The Morgan fingerprint density at radius 1 is 1.39 bits per heavy atom. The highest BCUT2D eigenvalue weighted by atomic mass is 35.5. The fourth-order valence-corrected chi connectivity index (χ4v) is 3.03. The zero-order valence-electron chi connectivity index (χ0n) is 13.3. The zero-order valence-corrected chi connectivity index (χ0v) is 14.1. The van der Waals surface area contributed by atoms with Gasteiger partial charge in [-0.3, -0.25) is 9.48 Å². The van der Waals surface area contributed by atoms with Crippen LogP contribution in [-0.4, -0.2) is 25.7 Å². The maximum atomic E-state index is 12.2. The smallest absolute Gasteiger partial charge is 0.244 e. The largest absolute Gasteiger partial charge is 0.347 e. The average molecular weight is 334 g/mol. The van der Waals surface area contributed by atoms with Gasteiger partial charge in [-0.1, -0.05) is 11.6 Å². The van der Waals surface area contributed by atoms with Crippen molar-refractivity contribution in [3.8, 4) is 0 Å². The summed E-state index contributed by atoms with van der Waals surface area (Å²) >= 11 is 5.83. The molecular formula is C16H20ClN5O. The zero-order chi connectivity index (χ0) is 16.4. The minimum Gasteiger partial charge on any atom is -0.347 e. The van der Waals surface area contributed by atoms with Crippen molar-refractivity contribution in [2.75, 3.05) is 0 Å². The summed E-state index contributed by atoms with van der Waals surface area (Å²) in [6.07, 6.45) is 7.59. The molecule has 1 amide bonds. The first-order valence-electron chi connectivity index (χ1n) is 7.87. The molecule has 7 heteroatoms. The molecule has 0 spiro atoms. The van der Waals surface area contributed by atoms with E-state index in [9.17, 15) is 4.79 Å². The van der Waals surface area contributed by atoms with E-state index in [1.54, 1.807) is 13.1 Å². The molecular weight excluding hydrogens is 314 g/mol. The summed E-state index contributed by atoms with van der Waals surface area (Å²) in [6.45, 7) is 4.12. The fourth-order valence-electron chi connectivity index (χ4n) is 2.88. The highest BCUT2D eigenvalue weighted by Crippen LogP contribution is 2.21. The molecule has 0 fully saturated rings. The van der Waals surface area contributed by atoms with E-state index in [2.05, 4.69) is 20.4 Å². The van der Waals surface area contributed by atoms with Crippen molar-refractivity contribution in [2.45, 2.75) is 52.1 Å². The summed E-state index contributed by atoms with van der Waals surface area (Å²) in [6, 6.07) is -0.429. The minimum absolute atomic E-state index is 0.135. The third-order valence-corrected chi connectivity index (χ3v) is 4.40. The molecule has 0 radical (unpaired) electrons. The number of fused-ring (bicyclic) bond motifs is 1. The van der Waals surface area contributed by atoms with Gasteiger partial charge in [0.25, 0.3) is 0 Å². The molecule has 0 bridgehead atoms. The summed E-state index contributed by atoms with van der Waals surface area (Å²) in [7, 11) is 0. The molecule has 23 heavy (non-hydrogen) atoms. The van der Waals surface area contributed by atoms with Gasteiger partial charge in [0.05, 0.1) is 17.8 Å². The molecule has 2 heterocycles. The molecule has 122 valence electrons. The van der Waals surface area contributed by atoms with Gasteiger partial charge in [-0.2, -0.15) is 5.10 Å². The lowest BCUT2D eigenvalue weighted by Gasteiger charge is -2.18. The van der Waals surface area contributed by atoms with E-state index in [1.807, 2.05) is 6.92 Å². The highest BCUT2D eigenvalue weighted by Gasteiger charge is 2.18. The lowest BCUT2D eigenvalue weighted by atomic mass is 9.95. The number of carbonyl (C=O) groups excluding carboxylic acids is 1. The molecule has 1 atom stereocenters. The Balaban J connectivity index is 1.66. The van der Waals surface area contributed by atoms with Crippen LogP contribution in [0.25, 0.3) is 0 Å². The molecule has 1 unspecified atom stereocenters. The van der Waals surface area contributed by atoms with Gasteiger partial charge in [-0.15, -0.1) is 0 Å². The maximum Gasteiger partial charge on any atom is 0.244 e. The number of aromatic nitrogens is 4. The van der Waals surface area contributed by atoms with Crippen molar-refractivity contribution < 1.29 is 4.79 Å². The van der Waals surface area contributed by atoms with Gasteiger partial charge in [0.2, 0.25) is 5.91 Å². The lowest BCUT2D eigenvalue weighted by Crippen LogP contribution is -2.31. The lowest BCUT2D eigenvalue weighted by molar-refractivity contribution is -0.124. The van der Waals surface area contributed by atoms with Gasteiger partial charge >= 0.3 is 0 Å². The van der Waals surface area contributed by atoms with Crippen molar-refractivity contribution in [2.24, 2.45) is 0 Å². The SMILES string of the molecule is Cc1nc(CNC(=O)C(C)n2cc(Cl)cn2)nc2c1CCCC2. The van der Waals surface area contributed by atoms with Crippen LogP contribution < -0.4 is 5.32 Å². The van der Waals surface area contributed by atoms with Crippen molar-refractivity contribution >= 4 is 17.5 Å². The number of hydrogen-bond donors (Lipinski definition) is 1. The number of nitrogens with zero attached hydrogens (tertiary/aromatic N) is 4. The molecule has 2 aromatic rings. The average Bonchev–Trinajstić information content (AvgIpc) is 2.98. The van der Waals surface area contributed by atoms with E-state index < -0.39 is 6.04 Å². The van der Waals surface area contributed by atoms with Gasteiger partial charge in [0.15, 0.2) is 0 Å². The Morgan fingerprint density at radius 3 is 2.91 bits per heavy atom. The Kier molecular flexibility index (Phi) is 4.61. The van der Waals surface area contributed by atoms with E-state index in [1.165, 1.54) is 29.3 Å². The molecule has 1 aliphatic rings. The molecule has 1 aliphatic carbocycles. The number of carbonyl (C=O) groups is 1. The van der Waals surface area contributed by atoms with E-state index in [4.69, 9.17) is 11.6 Å². The van der Waals surface area contributed by atoms with Crippen LogP contribution in [0.1, 0.15) is 48.6 Å². The predicted octanol–water partition coefficient (Wildman–Crippen LogP) is 2.39. The van der Waals surface area contributed by atoms with Gasteiger partial charge in [-0.25, -0.2) is 9.97 Å². The van der Waals surface area contributed by atoms with Crippen LogP contribution in [0.3, 0.4) is 0 Å². The van der Waals surface area contributed by atoms with Crippen molar-refractivity contribution in [3.63, 3.8) is 0 Å². The van der Waals surface area contributed by atoms with E-state index in [-0.39, 0.29) is 5.91 Å². The summed E-state index contributed by atoms with van der Waals surface area (Å²) in [5, 5.41) is 7.44. The Morgan fingerprint density at radius 2 is 2.17 bits per heavy atom. The first kappa shape index (κ1) is 15.9. The Bertz CT molecular complexity index is 727. The third kappa shape index (κ3) is 3.52. The van der Waals surface area contributed by atoms with Crippen molar-refractivity contribution in [3.05, 3.63) is 40.2 Å². The molecule has 0 saturated carbocycles. The Labute approximate surface area is 140 Å². The highest BCUT2D eigenvalue weighted by molar-refractivity contribution is 6.30. The number of aryl methyl sites for hydroxylation is 2. The summed E-state index contributed by atoms with van der Waals surface area (Å²) in [5.41, 5.74) is 3.46. The van der Waals surface area contributed by atoms with Gasteiger partial charge in [0.1, 0.15) is 11.9 Å². The number of hydrogen-bond acceptors (Lipinski definition) is 4. The molecule has 6 nitrogen and oxygen atoms in total. The maximum absolute atomic E-state index is 12.2. The van der Waals surface area contributed by atoms with Crippen LogP contribution in [0, 0.1) is 6.92 Å². The van der Waals surface area contributed by atoms with Crippen LogP contribution in [0.4, 0.5) is 0 Å². The molecule has 1 N–H and O–H groups in total. The standard InChI is InChI=1S/C16H20ClN5O/c1-10-13-5-3-4-6-14(13)21-15(20-10)8-18-16(23)11(2)22-9-12(17)7-19-22/h7,9,11H,3-6,8H2,1-2H3,(H,18,23). The summed E-state index contributed by atoms with van der Waals surface area (Å²) in [4.78, 5) is 21.4. The van der Waals surface area contributed by atoms with Crippen molar-refractivity contribution in [1.82, 2.24) is 25.1 Å². The second-order valence-electron chi connectivity index (χ2n) is 5.89. The van der Waals surface area contributed by atoms with Crippen LogP contribution in [-0.2, 0) is 24.2 Å². The minimum atomic E-state index is -0.429. The second-order valence-corrected chi connectivity index (χ2v) is 6.33. The quantitative estimate of drug-likeness (QED) is 0.932. The van der Waals surface area contributed by atoms with Crippen molar-refractivity contribution in [1.29, 1.82) is 0 Å². The van der Waals surface area contributed by atoms with Gasteiger partial charge in [0, 0.05) is 17.6 Å². The number of rotatable bonds is 4. The van der Waals surface area contributed by atoms with Crippen LogP contribution in [0.15, 0.2) is 12.4 Å². The third-order valence-electron chi connectivity index (χ3n) is 4.20. The molecule has 0 saturated heterocycles. The molecule has 3 rings (SSSR count). The molecule has 0 aliphatic heterocycles. The monoisotopic (exact) mass is 333 g/mol. The Hall–Kier alpha value is -1.95. The fraction of sp³-hybridized carbons (Fsp3) is 0.500. The van der Waals surface area contributed by atoms with Gasteiger partial charge < -0.3 is 5.32 Å². The predicted molar refractivity (Wildman–Crippen MR) is 87.2 cm³/mol. The summed E-state index contributed by atoms with van der Waals surface area (Å²) in [5.74, 6) is 0.533. The number of nitrogens with one attached hydrogen (secondary N) is 1. The van der Waals surface area contributed by atoms with E-state index >= 15 is 0 Å². The van der Waals surface area contributed by atoms with Crippen LogP contribution in [0.2, 0.25) is 5.02 Å². The second kappa shape index (κ2) is 6.66. The topological polar surface area (TPSA) is 72.7 Å². The van der Waals surface area contributed by atoms with Crippen LogP contribution >= 0.6 is 11.6 Å². The molecule has 0 aromatic carbocycles. The van der Waals surface area contributed by atoms with Gasteiger partial charge in [-0.05, 0) is 45.1 Å². The first-order chi connectivity index (χ1) is 11.0. The summed E-state index contributed by atoms with van der Waals surface area (Å²) < 4.78 is 1.54. The number of amides is 1. The molecule has 2 aromatic heterocycles. The van der Waals surface area contributed by atoms with Crippen LogP contribution in [0.5, 0.6) is 0 Å².